The van der Waals surface area contributed by atoms with E-state index in [0.29, 0.717) is 38.1 Å². The maximum Gasteiger partial charge on any atom is 0.309 e. The number of piperidine rings is 1. The molecule has 1 aliphatic heterocycles. The highest BCUT2D eigenvalue weighted by Gasteiger charge is 2.29. The number of amides is 1. The van der Waals surface area contributed by atoms with Gasteiger partial charge in [-0.1, -0.05) is 30.3 Å². The van der Waals surface area contributed by atoms with Crippen LogP contribution in [0, 0.1) is 19.8 Å². The van der Waals surface area contributed by atoms with E-state index in [1.54, 1.807) is 0 Å². The number of benzene rings is 2. The van der Waals surface area contributed by atoms with Crippen LogP contribution < -0.4 is 0 Å². The van der Waals surface area contributed by atoms with Gasteiger partial charge in [0.05, 0.1) is 29.3 Å². The highest BCUT2D eigenvalue weighted by molar-refractivity contribution is 6.07. The molecule has 5 nitrogen and oxygen atoms in total. The predicted octanol–water partition coefficient (Wildman–Crippen LogP) is 4.93. The van der Waals surface area contributed by atoms with Gasteiger partial charge in [-0.15, -0.1) is 0 Å². The van der Waals surface area contributed by atoms with E-state index in [-0.39, 0.29) is 17.8 Å². The van der Waals surface area contributed by atoms with E-state index >= 15 is 0 Å². The summed E-state index contributed by atoms with van der Waals surface area (Å²) in [6, 6.07) is 15.9. The molecule has 2 aromatic carbocycles. The van der Waals surface area contributed by atoms with Crippen molar-refractivity contribution in [2.75, 3.05) is 19.7 Å². The van der Waals surface area contributed by atoms with Gasteiger partial charge < -0.3 is 9.64 Å². The van der Waals surface area contributed by atoms with Crippen molar-refractivity contribution in [2.45, 2.75) is 33.6 Å². The molecule has 0 saturated carbocycles. The number of para-hydroxylation sites is 1. The average Bonchev–Trinajstić information content (AvgIpc) is 2.80. The quantitative estimate of drug-likeness (QED) is 0.566. The molecular weight excluding hydrogens is 388 g/mol. The normalized spacial score (nSPS) is 14.6. The van der Waals surface area contributed by atoms with Crippen LogP contribution in [-0.2, 0) is 9.53 Å². The van der Waals surface area contributed by atoms with Gasteiger partial charge in [0.2, 0.25) is 0 Å². The number of rotatable bonds is 4. The number of hydrogen-bond donors (Lipinski definition) is 0. The minimum atomic E-state index is -0.152. The fraction of sp³-hybridized carbons (Fsp3) is 0.346. The Morgan fingerprint density at radius 1 is 1.03 bits per heavy atom. The molecule has 4 rings (SSSR count). The number of esters is 1. The van der Waals surface area contributed by atoms with E-state index < -0.39 is 0 Å². The second-order valence-corrected chi connectivity index (χ2v) is 8.19. The minimum absolute atomic E-state index is 0.00834. The molecule has 0 unspecified atom stereocenters. The lowest BCUT2D eigenvalue weighted by Crippen LogP contribution is -2.40. The number of nitrogens with zero attached hydrogens (tertiary/aromatic N) is 2. The molecule has 0 spiro atoms. The first kappa shape index (κ1) is 21.0. The molecular formula is C26H28N2O3. The summed E-state index contributed by atoms with van der Waals surface area (Å²) in [6.07, 6.45) is 1.27. The van der Waals surface area contributed by atoms with E-state index in [1.807, 2.05) is 42.2 Å². The number of carbonyl (C=O) groups excluding carboxylic acids is 2. The zero-order chi connectivity index (χ0) is 22.0. The molecule has 0 N–H and O–H groups in total. The van der Waals surface area contributed by atoms with Crippen LogP contribution in [0.5, 0.6) is 0 Å². The third-order valence-electron chi connectivity index (χ3n) is 6.15. The standard InChI is InChI=1S/C26H28N2O3/c1-4-31-26(30)19-11-13-28(14-12-19)25(29)22-16-24(20-10-9-17(2)18(3)15-20)27-23-8-6-5-7-21(22)23/h5-10,15-16,19H,4,11-14H2,1-3H3. The van der Waals surface area contributed by atoms with Crippen molar-refractivity contribution in [3.63, 3.8) is 0 Å². The Balaban J connectivity index is 1.66. The lowest BCUT2D eigenvalue weighted by molar-refractivity contribution is -0.149. The van der Waals surface area contributed by atoms with Crippen LogP contribution in [0.25, 0.3) is 22.2 Å². The fourth-order valence-electron chi connectivity index (χ4n) is 4.15. The van der Waals surface area contributed by atoms with Crippen LogP contribution in [0.15, 0.2) is 48.5 Å². The number of ether oxygens (including phenoxy) is 1. The lowest BCUT2D eigenvalue weighted by atomic mass is 9.95. The first-order valence-corrected chi connectivity index (χ1v) is 10.9. The van der Waals surface area contributed by atoms with Gasteiger partial charge in [0.15, 0.2) is 0 Å². The first-order chi connectivity index (χ1) is 15.0. The Morgan fingerprint density at radius 2 is 1.77 bits per heavy atom. The van der Waals surface area contributed by atoms with Crippen LogP contribution in [0.2, 0.25) is 0 Å². The Morgan fingerprint density at radius 3 is 2.48 bits per heavy atom. The summed E-state index contributed by atoms with van der Waals surface area (Å²) in [5.74, 6) is -0.281. The highest BCUT2D eigenvalue weighted by Crippen LogP contribution is 2.28. The van der Waals surface area contributed by atoms with Crippen molar-refractivity contribution >= 4 is 22.8 Å². The van der Waals surface area contributed by atoms with Crippen molar-refractivity contribution in [1.82, 2.24) is 9.88 Å². The van der Waals surface area contributed by atoms with Gasteiger partial charge in [0.25, 0.3) is 5.91 Å². The van der Waals surface area contributed by atoms with Gasteiger partial charge in [0.1, 0.15) is 0 Å². The van der Waals surface area contributed by atoms with E-state index in [2.05, 4.69) is 32.0 Å². The number of likely N-dealkylation sites (tertiary alicyclic amines) is 1. The number of carbonyl (C=O) groups is 2. The zero-order valence-corrected chi connectivity index (χ0v) is 18.4. The Bertz CT molecular complexity index is 1130. The summed E-state index contributed by atoms with van der Waals surface area (Å²) in [5.41, 5.74) is 5.69. The summed E-state index contributed by atoms with van der Waals surface area (Å²) in [6.45, 7) is 7.48. The maximum absolute atomic E-state index is 13.5. The average molecular weight is 417 g/mol. The molecule has 0 radical (unpaired) electrons. The van der Waals surface area contributed by atoms with Crippen LogP contribution in [-0.4, -0.2) is 41.5 Å². The lowest BCUT2D eigenvalue weighted by Gasteiger charge is -2.31. The molecule has 1 aliphatic rings. The Hall–Kier alpha value is -3.21. The van der Waals surface area contributed by atoms with Gasteiger partial charge >= 0.3 is 5.97 Å². The number of hydrogen-bond acceptors (Lipinski definition) is 4. The number of aromatic nitrogens is 1. The van der Waals surface area contributed by atoms with Gasteiger partial charge in [-0.3, -0.25) is 9.59 Å². The Labute approximate surface area is 183 Å². The number of fused-ring (bicyclic) bond motifs is 1. The molecule has 1 saturated heterocycles. The van der Waals surface area contributed by atoms with Crippen LogP contribution in [0.3, 0.4) is 0 Å². The summed E-state index contributed by atoms with van der Waals surface area (Å²) >= 11 is 0. The predicted molar refractivity (Wildman–Crippen MR) is 122 cm³/mol. The van der Waals surface area contributed by atoms with Crippen molar-refractivity contribution in [3.05, 3.63) is 65.2 Å². The van der Waals surface area contributed by atoms with Gasteiger partial charge in [-0.2, -0.15) is 0 Å². The van der Waals surface area contributed by atoms with E-state index in [0.717, 1.165) is 22.2 Å². The molecule has 1 aromatic heterocycles. The van der Waals surface area contributed by atoms with E-state index in [4.69, 9.17) is 9.72 Å². The molecule has 1 amide bonds. The number of pyridine rings is 1. The van der Waals surface area contributed by atoms with Crippen molar-refractivity contribution in [1.29, 1.82) is 0 Å². The van der Waals surface area contributed by atoms with Crippen LogP contribution in [0.4, 0.5) is 0 Å². The summed E-state index contributed by atoms with van der Waals surface area (Å²) in [7, 11) is 0. The molecule has 3 aromatic rings. The Kier molecular flexibility index (Phi) is 6.03. The largest absolute Gasteiger partial charge is 0.466 e. The smallest absolute Gasteiger partial charge is 0.309 e. The molecule has 1 fully saturated rings. The van der Waals surface area contributed by atoms with Crippen LogP contribution >= 0.6 is 0 Å². The second-order valence-electron chi connectivity index (χ2n) is 8.19. The van der Waals surface area contributed by atoms with Crippen molar-refractivity contribution in [3.8, 4) is 11.3 Å². The SMILES string of the molecule is CCOC(=O)C1CCN(C(=O)c2cc(-c3ccc(C)c(C)c3)nc3ccccc23)CC1. The molecule has 2 heterocycles. The molecule has 31 heavy (non-hydrogen) atoms. The monoisotopic (exact) mass is 416 g/mol. The molecule has 0 bridgehead atoms. The van der Waals surface area contributed by atoms with Crippen LogP contribution in [0.1, 0.15) is 41.3 Å². The minimum Gasteiger partial charge on any atom is -0.466 e. The molecule has 0 aliphatic carbocycles. The van der Waals surface area contributed by atoms with Crippen molar-refractivity contribution in [2.24, 2.45) is 5.92 Å². The third kappa shape index (κ3) is 4.31. The van der Waals surface area contributed by atoms with Gasteiger partial charge in [-0.05, 0) is 62.9 Å². The summed E-state index contributed by atoms with van der Waals surface area (Å²) in [4.78, 5) is 32.2. The van der Waals surface area contributed by atoms with Crippen molar-refractivity contribution < 1.29 is 14.3 Å². The summed E-state index contributed by atoms with van der Waals surface area (Å²) in [5, 5.41) is 0.854. The van der Waals surface area contributed by atoms with Gasteiger partial charge in [-0.25, -0.2) is 4.98 Å². The molecule has 0 atom stereocenters. The molecule has 160 valence electrons. The maximum atomic E-state index is 13.5. The first-order valence-electron chi connectivity index (χ1n) is 10.9. The fourth-order valence-corrected chi connectivity index (χ4v) is 4.15. The second kappa shape index (κ2) is 8.88. The van der Waals surface area contributed by atoms with E-state index in [9.17, 15) is 9.59 Å². The van der Waals surface area contributed by atoms with E-state index in [1.165, 1.54) is 11.1 Å². The van der Waals surface area contributed by atoms with Gasteiger partial charge in [0, 0.05) is 24.0 Å². The third-order valence-corrected chi connectivity index (χ3v) is 6.15. The summed E-state index contributed by atoms with van der Waals surface area (Å²) < 4.78 is 5.15. The topological polar surface area (TPSA) is 59.5 Å². The number of aryl methyl sites for hydroxylation is 2. The zero-order valence-electron chi connectivity index (χ0n) is 18.4. The highest BCUT2D eigenvalue weighted by atomic mass is 16.5. The molecule has 5 heteroatoms.